The van der Waals surface area contributed by atoms with Crippen LogP contribution < -0.4 is 0 Å². The summed E-state index contributed by atoms with van der Waals surface area (Å²) < 4.78 is 11.4. The third kappa shape index (κ3) is 5.08. The van der Waals surface area contributed by atoms with Gasteiger partial charge in [-0.1, -0.05) is 30.3 Å². The van der Waals surface area contributed by atoms with Gasteiger partial charge in [-0.25, -0.2) is 4.79 Å². The van der Waals surface area contributed by atoms with Crippen LogP contribution in [0, 0.1) is 11.3 Å². The molecule has 1 saturated heterocycles. The number of hydrogen-bond donors (Lipinski definition) is 0. The second-order valence-electron chi connectivity index (χ2n) is 6.85. The van der Waals surface area contributed by atoms with Gasteiger partial charge in [0.1, 0.15) is 12.2 Å². The zero-order chi connectivity index (χ0) is 16.9. The molecule has 6 heteroatoms. The molecule has 0 atom stereocenters. The molecule has 0 aromatic heterocycles. The standard InChI is InChI=1S/C17H24N2O3Si/c1-23(2,3)22-17(14-18)9-11-19(12-10-17)16(20)21-13-15-7-5-4-6-8-15/h4-8H,9-13H2,1-3H3. The fourth-order valence-corrected chi connectivity index (χ4v) is 4.11. The number of nitriles is 1. The Hall–Kier alpha value is -1.84. The van der Waals surface area contributed by atoms with Crippen LogP contribution in [0.3, 0.4) is 0 Å². The lowest BCUT2D eigenvalue weighted by Gasteiger charge is -2.40. The van der Waals surface area contributed by atoms with E-state index >= 15 is 0 Å². The highest BCUT2D eigenvalue weighted by molar-refractivity contribution is 6.69. The minimum atomic E-state index is -1.80. The third-order valence-corrected chi connectivity index (χ3v) is 4.74. The van der Waals surface area contributed by atoms with Crippen molar-refractivity contribution in [1.29, 1.82) is 5.26 Å². The molecule has 0 spiro atoms. The first-order valence-corrected chi connectivity index (χ1v) is 11.3. The van der Waals surface area contributed by atoms with Crippen molar-refractivity contribution < 1.29 is 14.0 Å². The highest BCUT2D eigenvalue weighted by Crippen LogP contribution is 2.29. The molecule has 0 aliphatic carbocycles. The van der Waals surface area contributed by atoms with Crippen LogP contribution in [0.15, 0.2) is 30.3 Å². The molecule has 124 valence electrons. The van der Waals surface area contributed by atoms with E-state index in [1.807, 2.05) is 30.3 Å². The predicted molar refractivity (Wildman–Crippen MR) is 90.2 cm³/mol. The summed E-state index contributed by atoms with van der Waals surface area (Å²) in [6.45, 7) is 7.48. The zero-order valence-corrected chi connectivity index (χ0v) is 15.0. The average Bonchev–Trinajstić information content (AvgIpc) is 2.53. The number of amides is 1. The van der Waals surface area contributed by atoms with E-state index in [1.54, 1.807) is 4.90 Å². The summed E-state index contributed by atoms with van der Waals surface area (Å²) in [5.74, 6) is 0. The largest absolute Gasteiger partial charge is 0.445 e. The molecule has 1 aromatic carbocycles. The fraction of sp³-hybridized carbons (Fsp3) is 0.529. The van der Waals surface area contributed by atoms with Gasteiger partial charge in [0.2, 0.25) is 0 Å². The highest BCUT2D eigenvalue weighted by Gasteiger charge is 2.40. The first-order chi connectivity index (χ1) is 10.8. The van der Waals surface area contributed by atoms with Crippen molar-refractivity contribution in [2.45, 2.75) is 44.7 Å². The number of carbonyl (C=O) groups is 1. The molecule has 1 aliphatic heterocycles. The molecule has 5 nitrogen and oxygen atoms in total. The zero-order valence-electron chi connectivity index (χ0n) is 14.0. The van der Waals surface area contributed by atoms with Gasteiger partial charge >= 0.3 is 6.09 Å². The second kappa shape index (κ2) is 7.15. The third-order valence-electron chi connectivity index (χ3n) is 3.74. The van der Waals surface area contributed by atoms with Gasteiger partial charge in [-0.2, -0.15) is 5.26 Å². The number of nitrogens with zero attached hydrogens (tertiary/aromatic N) is 2. The molecule has 2 rings (SSSR count). The van der Waals surface area contributed by atoms with Crippen LogP contribution in [0.1, 0.15) is 18.4 Å². The number of likely N-dealkylation sites (tertiary alicyclic amines) is 1. The SMILES string of the molecule is C[Si](C)(C)OC1(C#N)CCN(C(=O)OCc2ccccc2)CC1. The van der Waals surface area contributed by atoms with Crippen molar-refractivity contribution in [2.75, 3.05) is 13.1 Å². The molecule has 0 N–H and O–H groups in total. The van der Waals surface area contributed by atoms with Gasteiger partial charge < -0.3 is 14.1 Å². The Morgan fingerprint density at radius 1 is 1.26 bits per heavy atom. The van der Waals surface area contributed by atoms with E-state index < -0.39 is 13.9 Å². The number of ether oxygens (including phenoxy) is 1. The monoisotopic (exact) mass is 332 g/mol. The molecule has 1 aliphatic rings. The number of hydrogen-bond acceptors (Lipinski definition) is 4. The quantitative estimate of drug-likeness (QED) is 0.791. The molecule has 0 radical (unpaired) electrons. The molecular formula is C17H24N2O3Si. The van der Waals surface area contributed by atoms with Crippen LogP contribution in [0.5, 0.6) is 0 Å². The van der Waals surface area contributed by atoms with Crippen LogP contribution in [-0.2, 0) is 15.8 Å². The van der Waals surface area contributed by atoms with Gasteiger partial charge in [-0.3, -0.25) is 0 Å². The second-order valence-corrected chi connectivity index (χ2v) is 11.3. The van der Waals surface area contributed by atoms with Gasteiger partial charge in [0.15, 0.2) is 8.32 Å². The number of benzene rings is 1. The van der Waals surface area contributed by atoms with Crippen molar-refractivity contribution in [3.05, 3.63) is 35.9 Å². The van der Waals surface area contributed by atoms with Crippen molar-refractivity contribution >= 4 is 14.4 Å². The van der Waals surface area contributed by atoms with Crippen LogP contribution in [0.2, 0.25) is 19.6 Å². The van der Waals surface area contributed by atoms with Gasteiger partial charge in [-0.15, -0.1) is 0 Å². The highest BCUT2D eigenvalue weighted by atomic mass is 28.4. The summed E-state index contributed by atoms with van der Waals surface area (Å²) in [5, 5.41) is 9.49. The molecule has 1 aromatic rings. The molecule has 0 unspecified atom stereocenters. The van der Waals surface area contributed by atoms with E-state index in [0.717, 1.165) is 5.56 Å². The summed E-state index contributed by atoms with van der Waals surface area (Å²) >= 11 is 0. The topological polar surface area (TPSA) is 62.6 Å². The Bertz CT molecular complexity index is 570. The van der Waals surface area contributed by atoms with Gasteiger partial charge in [0.05, 0.1) is 6.07 Å². The summed E-state index contributed by atoms with van der Waals surface area (Å²) in [7, 11) is -1.80. The van der Waals surface area contributed by atoms with E-state index in [2.05, 4.69) is 25.7 Å². The van der Waals surface area contributed by atoms with Crippen LogP contribution in [-0.4, -0.2) is 38.0 Å². The Morgan fingerprint density at radius 2 is 1.87 bits per heavy atom. The molecule has 1 heterocycles. The summed E-state index contributed by atoms with van der Waals surface area (Å²) in [5.41, 5.74) is 0.215. The normalized spacial score (nSPS) is 17.4. The maximum Gasteiger partial charge on any atom is 0.410 e. The Labute approximate surface area is 138 Å². The van der Waals surface area contributed by atoms with Gasteiger partial charge in [0.25, 0.3) is 0 Å². The maximum atomic E-state index is 12.1. The van der Waals surface area contributed by atoms with Crippen molar-refractivity contribution in [3.63, 3.8) is 0 Å². The minimum absolute atomic E-state index is 0.269. The van der Waals surface area contributed by atoms with Crippen LogP contribution >= 0.6 is 0 Å². The van der Waals surface area contributed by atoms with Gasteiger partial charge in [-0.05, 0) is 25.2 Å². The lowest BCUT2D eigenvalue weighted by Crippen LogP contribution is -2.51. The van der Waals surface area contributed by atoms with E-state index in [1.165, 1.54) is 0 Å². The first kappa shape index (κ1) is 17.5. The van der Waals surface area contributed by atoms with Gasteiger partial charge in [0, 0.05) is 25.9 Å². The number of piperidine rings is 1. The average molecular weight is 332 g/mol. The molecule has 0 saturated carbocycles. The minimum Gasteiger partial charge on any atom is -0.445 e. The Balaban J connectivity index is 1.86. The van der Waals surface area contributed by atoms with E-state index in [-0.39, 0.29) is 12.7 Å². The molecule has 23 heavy (non-hydrogen) atoms. The Kier molecular flexibility index (Phi) is 5.45. The molecule has 0 bridgehead atoms. The maximum absolute atomic E-state index is 12.1. The van der Waals surface area contributed by atoms with Crippen molar-refractivity contribution in [1.82, 2.24) is 4.90 Å². The first-order valence-electron chi connectivity index (χ1n) is 7.91. The van der Waals surface area contributed by atoms with E-state index in [9.17, 15) is 10.1 Å². The summed E-state index contributed by atoms with van der Waals surface area (Å²) in [6.07, 6.45) is 0.746. The number of rotatable bonds is 4. The predicted octanol–water partition coefficient (Wildman–Crippen LogP) is 3.53. The molecular weight excluding hydrogens is 308 g/mol. The lowest BCUT2D eigenvalue weighted by molar-refractivity contribution is 0.0302. The van der Waals surface area contributed by atoms with E-state index in [4.69, 9.17) is 9.16 Å². The smallest absolute Gasteiger partial charge is 0.410 e. The molecule has 1 fully saturated rings. The number of carbonyl (C=O) groups excluding carboxylic acids is 1. The van der Waals surface area contributed by atoms with Crippen molar-refractivity contribution in [2.24, 2.45) is 0 Å². The lowest BCUT2D eigenvalue weighted by atomic mass is 9.93. The van der Waals surface area contributed by atoms with Crippen LogP contribution in [0.25, 0.3) is 0 Å². The molecule has 1 amide bonds. The van der Waals surface area contributed by atoms with Crippen LogP contribution in [0.4, 0.5) is 4.79 Å². The van der Waals surface area contributed by atoms with E-state index in [0.29, 0.717) is 25.9 Å². The summed E-state index contributed by atoms with van der Waals surface area (Å²) in [4.78, 5) is 13.8. The van der Waals surface area contributed by atoms with Crippen molar-refractivity contribution in [3.8, 4) is 6.07 Å². The fourth-order valence-electron chi connectivity index (χ4n) is 2.68. The Morgan fingerprint density at radius 3 is 2.39 bits per heavy atom. The summed E-state index contributed by atoms with van der Waals surface area (Å²) in [6, 6.07) is 11.9.